The molecule has 7 nitrogen and oxygen atoms in total. The molecule has 0 radical (unpaired) electrons. The number of rotatable bonds is 7. The summed E-state index contributed by atoms with van der Waals surface area (Å²) in [5.74, 6) is -0.0446. The zero-order chi connectivity index (χ0) is 19.4. The summed E-state index contributed by atoms with van der Waals surface area (Å²) in [7, 11) is 0. The Morgan fingerprint density at radius 1 is 1.30 bits per heavy atom. The molecule has 3 amide bonds. The normalized spacial score (nSPS) is 21.3. The van der Waals surface area contributed by atoms with Crippen LogP contribution in [0.1, 0.15) is 38.7 Å². The number of nitrogens with zero attached hydrogens (tertiary/aromatic N) is 4. The Hall–Kier alpha value is -1.99. The van der Waals surface area contributed by atoms with Crippen molar-refractivity contribution in [1.29, 1.82) is 0 Å². The van der Waals surface area contributed by atoms with E-state index in [4.69, 9.17) is 0 Å². The van der Waals surface area contributed by atoms with Crippen molar-refractivity contribution >= 4 is 11.9 Å². The van der Waals surface area contributed by atoms with Gasteiger partial charge in [0.05, 0.1) is 6.61 Å². The highest BCUT2D eigenvalue weighted by Crippen LogP contribution is 2.37. The van der Waals surface area contributed by atoms with Gasteiger partial charge in [0.2, 0.25) is 0 Å². The fourth-order valence-electron chi connectivity index (χ4n) is 4.34. The molecule has 0 saturated carbocycles. The Morgan fingerprint density at radius 2 is 2.04 bits per heavy atom. The number of hydrogen-bond donors (Lipinski definition) is 1. The fourth-order valence-corrected chi connectivity index (χ4v) is 4.34. The predicted molar refractivity (Wildman–Crippen MR) is 102 cm³/mol. The first-order valence-electron chi connectivity index (χ1n) is 9.91. The Kier molecular flexibility index (Phi) is 6.11. The van der Waals surface area contributed by atoms with E-state index in [-0.39, 0.29) is 24.6 Å². The summed E-state index contributed by atoms with van der Waals surface area (Å²) in [5, 5.41) is 9.38. The van der Waals surface area contributed by atoms with Crippen LogP contribution in [0, 0.1) is 0 Å². The minimum Gasteiger partial charge on any atom is -0.395 e. The molecule has 1 aromatic heterocycles. The molecule has 27 heavy (non-hydrogen) atoms. The number of imide groups is 1. The van der Waals surface area contributed by atoms with Gasteiger partial charge in [-0.3, -0.25) is 19.6 Å². The lowest BCUT2D eigenvalue weighted by Crippen LogP contribution is -2.58. The number of aliphatic hydroxyl groups is 1. The SMILES string of the molecule is CCN1C(=O)N(CCCc2cccnc2)C(=O)C12CCN(C(C)CO)CC2. The van der Waals surface area contributed by atoms with Gasteiger partial charge in [0.1, 0.15) is 5.54 Å². The number of amides is 3. The van der Waals surface area contributed by atoms with Crippen LogP contribution >= 0.6 is 0 Å². The van der Waals surface area contributed by atoms with Gasteiger partial charge in [-0.05, 0) is 51.2 Å². The molecular formula is C20H30N4O3. The molecule has 1 atom stereocenters. The summed E-state index contributed by atoms with van der Waals surface area (Å²) in [6.07, 6.45) is 6.37. The van der Waals surface area contributed by atoms with Gasteiger partial charge >= 0.3 is 6.03 Å². The number of carbonyl (C=O) groups excluding carboxylic acids is 2. The van der Waals surface area contributed by atoms with Gasteiger partial charge in [0.25, 0.3) is 5.91 Å². The summed E-state index contributed by atoms with van der Waals surface area (Å²) >= 11 is 0. The second-order valence-corrected chi connectivity index (χ2v) is 7.55. The summed E-state index contributed by atoms with van der Waals surface area (Å²) in [6, 6.07) is 3.84. The molecule has 2 aliphatic rings. The number of piperidine rings is 1. The maximum Gasteiger partial charge on any atom is 0.327 e. The van der Waals surface area contributed by atoms with Crippen LogP contribution in [0.4, 0.5) is 4.79 Å². The minimum absolute atomic E-state index is 0.0446. The van der Waals surface area contributed by atoms with E-state index in [2.05, 4.69) is 9.88 Å². The smallest absolute Gasteiger partial charge is 0.327 e. The van der Waals surface area contributed by atoms with Crippen molar-refractivity contribution in [2.24, 2.45) is 0 Å². The van der Waals surface area contributed by atoms with E-state index in [0.717, 1.165) is 31.5 Å². The lowest BCUT2D eigenvalue weighted by Gasteiger charge is -2.43. The highest BCUT2D eigenvalue weighted by Gasteiger charge is 2.57. The number of aryl methyl sites for hydroxylation is 1. The van der Waals surface area contributed by atoms with Crippen molar-refractivity contribution in [3.63, 3.8) is 0 Å². The molecule has 0 bridgehead atoms. The maximum absolute atomic E-state index is 13.2. The number of carbonyl (C=O) groups is 2. The predicted octanol–water partition coefficient (Wildman–Crippen LogP) is 1.51. The third-order valence-corrected chi connectivity index (χ3v) is 6.02. The second-order valence-electron chi connectivity index (χ2n) is 7.55. The topological polar surface area (TPSA) is 77.0 Å². The van der Waals surface area contributed by atoms with E-state index in [9.17, 15) is 14.7 Å². The Labute approximate surface area is 161 Å². The van der Waals surface area contributed by atoms with Crippen LogP contribution in [0.5, 0.6) is 0 Å². The lowest BCUT2D eigenvalue weighted by atomic mass is 9.85. The Bertz CT molecular complexity index is 658. The van der Waals surface area contributed by atoms with Gasteiger partial charge < -0.3 is 10.0 Å². The molecular weight excluding hydrogens is 344 g/mol. The number of aromatic nitrogens is 1. The molecule has 148 valence electrons. The van der Waals surface area contributed by atoms with Crippen molar-refractivity contribution in [3.8, 4) is 0 Å². The van der Waals surface area contributed by atoms with Gasteiger partial charge in [-0.15, -0.1) is 0 Å². The lowest BCUT2D eigenvalue weighted by molar-refractivity contribution is -0.136. The van der Waals surface area contributed by atoms with E-state index < -0.39 is 5.54 Å². The maximum atomic E-state index is 13.2. The van der Waals surface area contributed by atoms with Crippen molar-refractivity contribution in [2.45, 2.75) is 51.1 Å². The standard InChI is InChI=1S/C20H30N4O3/c1-3-24-19(27)23(11-5-7-17-6-4-10-21-14-17)18(26)20(24)8-12-22(13-9-20)16(2)15-25/h4,6,10,14,16,25H,3,5,7-9,11-13,15H2,1-2H3. The van der Waals surface area contributed by atoms with Gasteiger partial charge in [0, 0.05) is 44.6 Å². The number of likely N-dealkylation sites (N-methyl/N-ethyl adjacent to an activating group) is 1. The first-order chi connectivity index (χ1) is 13.0. The second kappa shape index (κ2) is 8.35. The molecule has 2 fully saturated rings. The summed E-state index contributed by atoms with van der Waals surface area (Å²) < 4.78 is 0. The Balaban J connectivity index is 1.66. The molecule has 2 aliphatic heterocycles. The Morgan fingerprint density at radius 3 is 2.63 bits per heavy atom. The molecule has 1 spiro atoms. The third kappa shape index (κ3) is 3.71. The molecule has 3 rings (SSSR count). The van der Waals surface area contributed by atoms with Crippen LogP contribution in [0.15, 0.2) is 24.5 Å². The van der Waals surface area contributed by atoms with Crippen LogP contribution in [0.25, 0.3) is 0 Å². The minimum atomic E-state index is -0.703. The quantitative estimate of drug-likeness (QED) is 0.732. The monoisotopic (exact) mass is 374 g/mol. The molecule has 3 heterocycles. The van der Waals surface area contributed by atoms with Crippen LogP contribution in [-0.4, -0.2) is 81.1 Å². The molecule has 0 aromatic carbocycles. The highest BCUT2D eigenvalue weighted by atomic mass is 16.3. The first-order valence-corrected chi connectivity index (χ1v) is 9.91. The molecule has 7 heteroatoms. The number of likely N-dealkylation sites (tertiary alicyclic amines) is 1. The zero-order valence-electron chi connectivity index (χ0n) is 16.3. The number of pyridine rings is 1. The average Bonchev–Trinajstić information content (AvgIpc) is 2.89. The van der Waals surface area contributed by atoms with E-state index in [0.29, 0.717) is 25.9 Å². The first kappa shape index (κ1) is 19.8. The summed E-state index contributed by atoms with van der Waals surface area (Å²) in [6.45, 7) is 6.47. The number of urea groups is 1. The molecule has 1 aromatic rings. The van der Waals surface area contributed by atoms with E-state index in [1.807, 2.05) is 32.2 Å². The van der Waals surface area contributed by atoms with Crippen molar-refractivity contribution < 1.29 is 14.7 Å². The van der Waals surface area contributed by atoms with Crippen LogP contribution < -0.4 is 0 Å². The van der Waals surface area contributed by atoms with Crippen molar-refractivity contribution in [3.05, 3.63) is 30.1 Å². The van der Waals surface area contributed by atoms with Gasteiger partial charge in [-0.1, -0.05) is 6.07 Å². The van der Waals surface area contributed by atoms with Gasteiger partial charge in [-0.2, -0.15) is 0 Å². The van der Waals surface area contributed by atoms with Crippen LogP contribution in [0.2, 0.25) is 0 Å². The zero-order valence-corrected chi connectivity index (χ0v) is 16.3. The largest absolute Gasteiger partial charge is 0.395 e. The fraction of sp³-hybridized carbons (Fsp3) is 0.650. The van der Waals surface area contributed by atoms with E-state index in [1.165, 1.54) is 4.90 Å². The van der Waals surface area contributed by atoms with Gasteiger partial charge in [0.15, 0.2) is 0 Å². The molecule has 2 saturated heterocycles. The van der Waals surface area contributed by atoms with Crippen molar-refractivity contribution in [1.82, 2.24) is 19.7 Å². The van der Waals surface area contributed by atoms with Gasteiger partial charge in [-0.25, -0.2) is 4.79 Å². The number of aliphatic hydroxyl groups excluding tert-OH is 1. The molecule has 0 aliphatic carbocycles. The van der Waals surface area contributed by atoms with E-state index in [1.54, 1.807) is 11.1 Å². The van der Waals surface area contributed by atoms with E-state index >= 15 is 0 Å². The molecule has 1 unspecified atom stereocenters. The van der Waals surface area contributed by atoms with Crippen LogP contribution in [-0.2, 0) is 11.2 Å². The summed E-state index contributed by atoms with van der Waals surface area (Å²) in [5.41, 5.74) is 0.413. The molecule has 1 N–H and O–H groups in total. The third-order valence-electron chi connectivity index (χ3n) is 6.02. The van der Waals surface area contributed by atoms with Crippen LogP contribution in [0.3, 0.4) is 0 Å². The highest BCUT2D eigenvalue weighted by molar-refractivity contribution is 6.07. The summed E-state index contributed by atoms with van der Waals surface area (Å²) in [4.78, 5) is 35.7. The average molecular weight is 374 g/mol. The number of hydrogen-bond acceptors (Lipinski definition) is 5. The van der Waals surface area contributed by atoms with Crippen molar-refractivity contribution in [2.75, 3.05) is 32.8 Å².